The number of fused-ring (bicyclic) bond motifs is 2. The number of amides is 2. The van der Waals surface area contributed by atoms with Gasteiger partial charge in [0.25, 0.3) is 17.5 Å². The third-order valence-corrected chi connectivity index (χ3v) is 9.81. The first kappa shape index (κ1) is 30.8. The summed E-state index contributed by atoms with van der Waals surface area (Å²) in [5.41, 5.74) is 2.98. The van der Waals surface area contributed by atoms with Crippen LogP contribution in [0.3, 0.4) is 0 Å². The predicted molar refractivity (Wildman–Crippen MR) is 184 cm³/mol. The van der Waals surface area contributed by atoms with Crippen molar-refractivity contribution in [1.29, 1.82) is 0 Å². The van der Waals surface area contributed by atoms with Gasteiger partial charge in [0, 0.05) is 73.4 Å². The molecule has 0 bridgehead atoms. The maximum atomic E-state index is 14.0. The van der Waals surface area contributed by atoms with E-state index in [4.69, 9.17) is 0 Å². The Morgan fingerprint density at radius 1 is 0.837 bits per heavy atom. The van der Waals surface area contributed by atoms with Gasteiger partial charge in [-0.1, -0.05) is 12.1 Å². The minimum atomic E-state index is -0.522. The number of benzene rings is 4. The monoisotopic (exact) mass is 661 g/mol. The zero-order valence-electron chi connectivity index (χ0n) is 26.5. The number of halogens is 1. The van der Waals surface area contributed by atoms with Crippen molar-refractivity contribution in [2.24, 2.45) is 0 Å². The number of hydrogen-bond acceptors (Lipinski definition) is 9. The standard InChI is InChI=1S/C36H32FN7O5/c37-23-6-9-30-26(19-23)34(45)32-28(7-8-29-33(32)43(30)21-39-29)38-10-2-11-40-14-16-41(17-15-40)12-3-13-42-35(46)25-5-1-4-22-18-24(44(48)49)20-27(31(22)25)36(42)47/h1,4-9,18-21,38H,2-3,10-17H2. The smallest absolute Gasteiger partial charge is 0.270 e. The molecule has 4 aromatic carbocycles. The molecule has 8 rings (SSSR count). The summed E-state index contributed by atoms with van der Waals surface area (Å²) >= 11 is 0. The number of carbonyl (C=O) groups is 2. The zero-order chi connectivity index (χ0) is 33.8. The van der Waals surface area contributed by atoms with E-state index in [-0.39, 0.29) is 29.1 Å². The first-order valence-corrected chi connectivity index (χ1v) is 16.4. The van der Waals surface area contributed by atoms with E-state index in [2.05, 4.69) is 20.1 Å². The number of pyridine rings is 1. The molecule has 0 radical (unpaired) electrons. The fourth-order valence-corrected chi connectivity index (χ4v) is 7.37. The van der Waals surface area contributed by atoms with Gasteiger partial charge in [-0.25, -0.2) is 9.37 Å². The Morgan fingerprint density at radius 3 is 2.37 bits per heavy atom. The average Bonchev–Trinajstić information content (AvgIpc) is 3.54. The van der Waals surface area contributed by atoms with Crippen LogP contribution in [0.25, 0.3) is 38.1 Å². The van der Waals surface area contributed by atoms with E-state index >= 15 is 0 Å². The van der Waals surface area contributed by atoms with Crippen molar-refractivity contribution >= 4 is 61.3 Å². The molecule has 1 saturated heterocycles. The summed E-state index contributed by atoms with van der Waals surface area (Å²) < 4.78 is 15.9. The summed E-state index contributed by atoms with van der Waals surface area (Å²) in [6.45, 7) is 5.99. The Bertz CT molecular complexity index is 2370. The molecular formula is C36H32FN7O5. The van der Waals surface area contributed by atoms with E-state index < -0.39 is 16.6 Å². The summed E-state index contributed by atoms with van der Waals surface area (Å²) in [4.78, 5) is 61.4. The molecule has 248 valence electrons. The molecule has 12 nitrogen and oxygen atoms in total. The van der Waals surface area contributed by atoms with Crippen molar-refractivity contribution in [1.82, 2.24) is 24.1 Å². The molecule has 0 atom stereocenters. The second kappa shape index (κ2) is 12.2. The lowest BCUT2D eigenvalue weighted by Crippen LogP contribution is -2.48. The van der Waals surface area contributed by atoms with Crippen LogP contribution in [0.15, 0.2) is 71.8 Å². The van der Waals surface area contributed by atoms with Gasteiger partial charge in [0.05, 0.1) is 32.4 Å². The van der Waals surface area contributed by atoms with Gasteiger partial charge in [-0.05, 0) is 67.7 Å². The Kier molecular flexibility index (Phi) is 7.64. The van der Waals surface area contributed by atoms with Crippen LogP contribution in [0.5, 0.6) is 0 Å². The number of rotatable bonds is 10. The first-order valence-electron chi connectivity index (χ1n) is 16.4. The Morgan fingerprint density at radius 2 is 1.59 bits per heavy atom. The number of non-ortho nitro benzene ring substituents is 1. The molecule has 0 aliphatic carbocycles. The topological polar surface area (TPSA) is 133 Å². The highest BCUT2D eigenvalue weighted by atomic mass is 19.1. The molecule has 1 fully saturated rings. The largest absolute Gasteiger partial charge is 0.384 e. The summed E-state index contributed by atoms with van der Waals surface area (Å²) in [6, 6.07) is 15.7. The fraction of sp³-hybridized carbons (Fsp3) is 0.278. The molecule has 0 spiro atoms. The van der Waals surface area contributed by atoms with E-state index in [9.17, 15) is 28.9 Å². The molecule has 2 aromatic heterocycles. The minimum absolute atomic E-state index is 0.172. The molecule has 49 heavy (non-hydrogen) atoms. The number of nitrogens with zero attached hydrogens (tertiary/aromatic N) is 6. The quantitative estimate of drug-likeness (QED) is 0.0727. The number of nitro benzene ring substituents is 1. The van der Waals surface area contributed by atoms with E-state index in [0.29, 0.717) is 56.8 Å². The van der Waals surface area contributed by atoms with Crippen molar-refractivity contribution in [3.63, 3.8) is 0 Å². The summed E-state index contributed by atoms with van der Waals surface area (Å²) in [6.07, 6.45) is 3.13. The van der Waals surface area contributed by atoms with Gasteiger partial charge in [0.1, 0.15) is 12.1 Å². The van der Waals surface area contributed by atoms with E-state index in [0.717, 1.165) is 51.2 Å². The fourth-order valence-electron chi connectivity index (χ4n) is 7.37. The van der Waals surface area contributed by atoms with Crippen LogP contribution < -0.4 is 10.7 Å². The lowest BCUT2D eigenvalue weighted by molar-refractivity contribution is -0.384. The van der Waals surface area contributed by atoms with Crippen molar-refractivity contribution in [2.75, 3.05) is 57.7 Å². The maximum absolute atomic E-state index is 14.0. The molecule has 0 unspecified atom stereocenters. The second-order valence-corrected chi connectivity index (χ2v) is 12.7. The highest BCUT2D eigenvalue weighted by molar-refractivity contribution is 6.25. The van der Waals surface area contributed by atoms with Crippen molar-refractivity contribution in [3.8, 4) is 0 Å². The Labute approximate surface area is 278 Å². The number of aromatic nitrogens is 2. The summed E-state index contributed by atoms with van der Waals surface area (Å²) in [7, 11) is 0. The van der Waals surface area contributed by atoms with Crippen LogP contribution >= 0.6 is 0 Å². The van der Waals surface area contributed by atoms with Gasteiger partial charge in [0.15, 0.2) is 5.43 Å². The number of anilines is 1. The van der Waals surface area contributed by atoms with Crippen molar-refractivity contribution in [3.05, 3.63) is 104 Å². The van der Waals surface area contributed by atoms with Crippen LogP contribution in [-0.4, -0.2) is 93.2 Å². The van der Waals surface area contributed by atoms with Crippen LogP contribution in [0.2, 0.25) is 0 Å². The summed E-state index contributed by atoms with van der Waals surface area (Å²) in [5, 5.41) is 16.7. The number of piperazine rings is 1. The third-order valence-electron chi connectivity index (χ3n) is 9.81. The van der Waals surface area contributed by atoms with Crippen molar-refractivity contribution < 1.29 is 18.9 Å². The highest BCUT2D eigenvalue weighted by Crippen LogP contribution is 2.34. The highest BCUT2D eigenvalue weighted by Gasteiger charge is 2.34. The maximum Gasteiger partial charge on any atom is 0.270 e. The molecule has 1 N–H and O–H groups in total. The second-order valence-electron chi connectivity index (χ2n) is 12.7. The predicted octanol–water partition coefficient (Wildman–Crippen LogP) is 4.75. The van der Waals surface area contributed by atoms with Gasteiger partial charge in [-0.15, -0.1) is 0 Å². The Hall–Kier alpha value is -5.53. The van der Waals surface area contributed by atoms with Crippen LogP contribution in [0, 0.1) is 15.9 Å². The number of carbonyl (C=O) groups excluding carboxylic acids is 2. The van der Waals surface area contributed by atoms with Gasteiger partial charge < -0.3 is 15.1 Å². The van der Waals surface area contributed by atoms with E-state index in [1.54, 1.807) is 30.6 Å². The van der Waals surface area contributed by atoms with Gasteiger partial charge >= 0.3 is 0 Å². The third kappa shape index (κ3) is 5.31. The van der Waals surface area contributed by atoms with E-state index in [1.165, 1.54) is 29.2 Å². The van der Waals surface area contributed by atoms with Crippen molar-refractivity contribution in [2.45, 2.75) is 12.8 Å². The summed E-state index contributed by atoms with van der Waals surface area (Å²) in [5.74, 6) is -1.31. The number of imidazole rings is 1. The number of imide groups is 1. The first-order chi connectivity index (χ1) is 23.8. The minimum Gasteiger partial charge on any atom is -0.384 e. The lowest BCUT2D eigenvalue weighted by Gasteiger charge is -2.35. The van der Waals surface area contributed by atoms with Crippen LogP contribution in [0.4, 0.5) is 15.8 Å². The SMILES string of the molecule is O=C1c2cccc3cc([N+](=O)[O-])cc(c23)C(=O)N1CCCN1CCN(CCCNc2ccc3ncn4c5ccc(F)cc5c(=O)c2c34)CC1. The number of nitrogens with one attached hydrogen (secondary N) is 1. The average molecular weight is 662 g/mol. The van der Waals surface area contributed by atoms with E-state index in [1.807, 2.05) is 16.5 Å². The molecule has 4 heterocycles. The normalized spacial score (nSPS) is 15.7. The number of hydrogen-bond donors (Lipinski definition) is 1. The molecule has 0 saturated carbocycles. The van der Waals surface area contributed by atoms with Gasteiger partial charge in [-0.2, -0.15) is 0 Å². The van der Waals surface area contributed by atoms with Crippen LogP contribution in [0.1, 0.15) is 33.6 Å². The Balaban J connectivity index is 0.837. The molecule has 2 amide bonds. The molecule has 2 aliphatic rings. The van der Waals surface area contributed by atoms with Gasteiger partial charge in [-0.3, -0.25) is 33.8 Å². The zero-order valence-corrected chi connectivity index (χ0v) is 26.5. The molecule has 6 aromatic rings. The molecular weight excluding hydrogens is 629 g/mol. The molecule has 2 aliphatic heterocycles. The lowest BCUT2D eigenvalue weighted by atomic mass is 9.93. The van der Waals surface area contributed by atoms with Gasteiger partial charge in [0.2, 0.25) is 0 Å². The molecule has 13 heteroatoms. The number of nitro groups is 1. The van der Waals surface area contributed by atoms with Crippen LogP contribution in [-0.2, 0) is 0 Å².